The average Bonchev–Trinajstić information content (AvgIpc) is 3.72. The zero-order valence-electron chi connectivity index (χ0n) is 21.6. The van der Waals surface area contributed by atoms with Crippen molar-refractivity contribution in [2.75, 3.05) is 65.6 Å². The Bertz CT molecular complexity index is 1140. The third kappa shape index (κ3) is 7.36. The van der Waals surface area contributed by atoms with E-state index in [1.54, 1.807) is 34.1 Å². The number of rotatable bonds is 8. The largest absolute Gasteiger partial charge is 0.459 e. The molecule has 14 nitrogen and oxygen atoms in total. The lowest BCUT2D eigenvalue weighted by atomic mass is 10.3. The quantitative estimate of drug-likeness (QED) is 0.314. The summed E-state index contributed by atoms with van der Waals surface area (Å²) in [7, 11) is 0. The van der Waals surface area contributed by atoms with Gasteiger partial charge in [0.1, 0.15) is 0 Å². The van der Waals surface area contributed by atoms with Gasteiger partial charge in [0, 0.05) is 64.5 Å². The van der Waals surface area contributed by atoms with E-state index in [-0.39, 0.29) is 49.5 Å². The Morgan fingerprint density at radius 2 is 0.950 bits per heavy atom. The first-order valence-corrected chi connectivity index (χ1v) is 12.5. The summed E-state index contributed by atoms with van der Waals surface area (Å²) in [5.41, 5.74) is 0. The standard InChI is InChI=1S/C26H28N4O10/c31-21(27-7-11-29(12-8-27)25(35)19-3-1-15-37-19)17-39-23(33)5-6-24(34)40-18-22(32)28-9-13-30(14-10-28)26(36)20-4-2-16-38-20/h1-6,15-16H,7-14,17-18H2. The number of hydrogen-bond acceptors (Lipinski definition) is 10. The van der Waals surface area contributed by atoms with Gasteiger partial charge in [0.25, 0.3) is 23.6 Å². The molecule has 40 heavy (non-hydrogen) atoms. The highest BCUT2D eigenvalue weighted by molar-refractivity contribution is 5.94. The summed E-state index contributed by atoms with van der Waals surface area (Å²) in [6, 6.07) is 6.37. The molecule has 0 spiro atoms. The molecule has 0 aliphatic carbocycles. The molecule has 2 aliphatic heterocycles. The van der Waals surface area contributed by atoms with Gasteiger partial charge in [-0.05, 0) is 24.3 Å². The van der Waals surface area contributed by atoms with Gasteiger partial charge >= 0.3 is 11.9 Å². The third-order valence-electron chi connectivity index (χ3n) is 6.33. The fourth-order valence-corrected chi connectivity index (χ4v) is 4.11. The molecule has 2 aromatic rings. The molecular weight excluding hydrogens is 528 g/mol. The SMILES string of the molecule is O=C(C=CC(=O)OCC(=O)N1CCN(C(=O)c2ccco2)CC1)OCC(=O)N1CCN(C(=O)c2ccco2)CC1. The molecule has 4 amide bonds. The Labute approximate surface area is 228 Å². The van der Waals surface area contributed by atoms with Crippen molar-refractivity contribution in [1.82, 2.24) is 19.6 Å². The monoisotopic (exact) mass is 556 g/mol. The smallest absolute Gasteiger partial charge is 0.331 e. The van der Waals surface area contributed by atoms with Crippen LogP contribution in [0, 0.1) is 0 Å². The van der Waals surface area contributed by atoms with Crippen LogP contribution in [-0.2, 0) is 28.7 Å². The van der Waals surface area contributed by atoms with Gasteiger partial charge in [0.05, 0.1) is 12.5 Å². The van der Waals surface area contributed by atoms with Crippen LogP contribution in [0.15, 0.2) is 57.8 Å². The topological polar surface area (TPSA) is 160 Å². The second-order valence-corrected chi connectivity index (χ2v) is 8.85. The van der Waals surface area contributed by atoms with Crippen molar-refractivity contribution in [2.24, 2.45) is 0 Å². The molecule has 0 N–H and O–H groups in total. The second-order valence-electron chi connectivity index (χ2n) is 8.85. The van der Waals surface area contributed by atoms with Crippen LogP contribution in [0.4, 0.5) is 0 Å². The number of hydrogen-bond donors (Lipinski definition) is 0. The van der Waals surface area contributed by atoms with E-state index in [4.69, 9.17) is 18.3 Å². The van der Waals surface area contributed by atoms with Crippen LogP contribution in [0.1, 0.15) is 21.1 Å². The maximum Gasteiger partial charge on any atom is 0.331 e. The molecular formula is C26H28N4O10. The van der Waals surface area contributed by atoms with Crippen LogP contribution < -0.4 is 0 Å². The number of furan rings is 2. The highest BCUT2D eigenvalue weighted by Crippen LogP contribution is 2.11. The molecule has 2 aromatic heterocycles. The number of nitrogens with zero attached hydrogens (tertiary/aromatic N) is 4. The van der Waals surface area contributed by atoms with Crippen molar-refractivity contribution in [3.05, 3.63) is 60.5 Å². The van der Waals surface area contributed by atoms with Crippen LogP contribution in [0.5, 0.6) is 0 Å². The number of carbonyl (C=O) groups excluding carboxylic acids is 6. The maximum atomic E-state index is 12.3. The van der Waals surface area contributed by atoms with E-state index in [1.165, 1.54) is 22.3 Å². The number of piperazine rings is 2. The normalized spacial score (nSPS) is 15.7. The summed E-state index contributed by atoms with van der Waals surface area (Å²) in [5, 5.41) is 0. The first-order valence-electron chi connectivity index (χ1n) is 12.5. The van der Waals surface area contributed by atoms with Gasteiger partial charge in [-0.15, -0.1) is 0 Å². The third-order valence-corrected chi connectivity index (χ3v) is 6.33. The highest BCUT2D eigenvalue weighted by atomic mass is 16.5. The van der Waals surface area contributed by atoms with Crippen LogP contribution in [-0.4, -0.2) is 121 Å². The van der Waals surface area contributed by atoms with Crippen LogP contribution >= 0.6 is 0 Å². The van der Waals surface area contributed by atoms with E-state index in [2.05, 4.69) is 0 Å². The molecule has 0 unspecified atom stereocenters. The first kappa shape index (κ1) is 28.1. The molecule has 0 radical (unpaired) electrons. The van der Waals surface area contributed by atoms with E-state index in [0.717, 1.165) is 12.2 Å². The molecule has 2 fully saturated rings. The Hall–Kier alpha value is -4.88. The van der Waals surface area contributed by atoms with E-state index in [1.807, 2.05) is 0 Å². The van der Waals surface area contributed by atoms with Gasteiger partial charge in [-0.2, -0.15) is 0 Å². The zero-order valence-corrected chi connectivity index (χ0v) is 21.6. The Balaban J connectivity index is 1.09. The van der Waals surface area contributed by atoms with E-state index >= 15 is 0 Å². The average molecular weight is 557 g/mol. The predicted molar refractivity (Wildman–Crippen MR) is 133 cm³/mol. The maximum absolute atomic E-state index is 12.3. The lowest BCUT2D eigenvalue weighted by molar-refractivity contribution is -0.150. The summed E-state index contributed by atoms with van der Waals surface area (Å²) in [4.78, 5) is 79.1. The lowest BCUT2D eigenvalue weighted by Gasteiger charge is -2.34. The minimum atomic E-state index is -0.930. The van der Waals surface area contributed by atoms with E-state index < -0.39 is 37.0 Å². The Morgan fingerprint density at radius 3 is 1.27 bits per heavy atom. The van der Waals surface area contributed by atoms with Gasteiger partial charge in [0.15, 0.2) is 24.7 Å². The van der Waals surface area contributed by atoms with Crippen molar-refractivity contribution in [3.63, 3.8) is 0 Å². The van der Waals surface area contributed by atoms with Gasteiger partial charge in [-0.3, -0.25) is 19.2 Å². The van der Waals surface area contributed by atoms with Gasteiger partial charge in [-0.1, -0.05) is 0 Å². The summed E-state index contributed by atoms with van der Waals surface area (Å²) in [6.45, 7) is 1.26. The lowest BCUT2D eigenvalue weighted by Crippen LogP contribution is -2.51. The summed E-state index contributed by atoms with van der Waals surface area (Å²) >= 11 is 0. The van der Waals surface area contributed by atoms with Gasteiger partial charge in [-0.25, -0.2) is 9.59 Å². The van der Waals surface area contributed by atoms with Crippen LogP contribution in [0.3, 0.4) is 0 Å². The molecule has 14 heteroatoms. The number of carbonyl (C=O) groups is 6. The van der Waals surface area contributed by atoms with Gasteiger partial charge < -0.3 is 37.9 Å². The van der Waals surface area contributed by atoms with Crippen LogP contribution in [0.2, 0.25) is 0 Å². The predicted octanol–water partition coefficient (Wildman–Crippen LogP) is -0.216. The van der Waals surface area contributed by atoms with Crippen molar-refractivity contribution in [1.29, 1.82) is 0 Å². The minimum Gasteiger partial charge on any atom is -0.459 e. The second kappa shape index (κ2) is 13.3. The fourth-order valence-electron chi connectivity index (χ4n) is 4.11. The highest BCUT2D eigenvalue weighted by Gasteiger charge is 2.27. The summed E-state index contributed by atoms with van der Waals surface area (Å²) < 4.78 is 20.0. The molecule has 2 aliphatic rings. The fraction of sp³-hybridized carbons (Fsp3) is 0.385. The summed E-state index contributed by atoms with van der Waals surface area (Å²) in [6.07, 6.45) is 4.43. The Kier molecular flexibility index (Phi) is 9.33. The number of esters is 2. The van der Waals surface area contributed by atoms with Crippen molar-refractivity contribution < 1.29 is 47.1 Å². The molecule has 0 atom stereocenters. The molecule has 4 heterocycles. The first-order chi connectivity index (χ1) is 19.3. The Morgan fingerprint density at radius 1 is 0.600 bits per heavy atom. The molecule has 0 saturated carbocycles. The minimum absolute atomic E-state index is 0.223. The zero-order chi connectivity index (χ0) is 28.5. The molecule has 212 valence electrons. The molecule has 0 aromatic carbocycles. The van der Waals surface area contributed by atoms with Crippen molar-refractivity contribution in [2.45, 2.75) is 0 Å². The molecule has 2 saturated heterocycles. The number of ether oxygens (including phenoxy) is 2. The number of amides is 4. The van der Waals surface area contributed by atoms with E-state index in [0.29, 0.717) is 26.2 Å². The van der Waals surface area contributed by atoms with Gasteiger partial charge in [0.2, 0.25) is 0 Å². The summed E-state index contributed by atoms with van der Waals surface area (Å²) in [5.74, 6) is -2.81. The van der Waals surface area contributed by atoms with Crippen molar-refractivity contribution in [3.8, 4) is 0 Å². The van der Waals surface area contributed by atoms with E-state index in [9.17, 15) is 28.8 Å². The molecule has 0 bridgehead atoms. The van der Waals surface area contributed by atoms with Crippen LogP contribution in [0.25, 0.3) is 0 Å². The van der Waals surface area contributed by atoms with Crippen molar-refractivity contribution >= 4 is 35.6 Å². The molecule has 4 rings (SSSR count).